The first-order chi connectivity index (χ1) is 4.61. The second-order valence-corrected chi connectivity index (χ2v) is 1.77. The molecule has 1 saturated heterocycles. The maximum absolute atomic E-state index is 10.3. The van der Waals surface area contributed by atoms with Crippen LogP contribution in [0.1, 0.15) is 0 Å². The third-order valence-electron chi connectivity index (χ3n) is 1.05. The van der Waals surface area contributed by atoms with E-state index in [4.69, 9.17) is 5.11 Å². The molecule has 54 valence electrons. The first-order valence-corrected chi connectivity index (χ1v) is 2.51. The Bertz CT molecular complexity index is 210. The Morgan fingerprint density at radius 3 is 2.60 bits per heavy atom. The van der Waals surface area contributed by atoms with Crippen molar-refractivity contribution in [3.63, 3.8) is 0 Å². The van der Waals surface area contributed by atoms with Gasteiger partial charge >= 0.3 is 12.1 Å². The third kappa shape index (κ3) is 0.928. The van der Waals surface area contributed by atoms with Crippen molar-refractivity contribution in [2.45, 2.75) is 6.04 Å². The number of ether oxygens (including phenoxy) is 1. The number of rotatable bonds is 1. The largest absolute Gasteiger partial charge is 0.479 e. The molecule has 1 fully saturated rings. The molecule has 1 heterocycles. The number of carboxylic acids is 1. The zero-order chi connectivity index (χ0) is 7.72. The van der Waals surface area contributed by atoms with Gasteiger partial charge in [-0.2, -0.15) is 0 Å². The number of cyclic esters (lactones) is 1. The lowest BCUT2D eigenvalue weighted by Crippen LogP contribution is -2.32. The van der Waals surface area contributed by atoms with Crippen LogP contribution in [-0.4, -0.2) is 23.2 Å². The van der Waals surface area contributed by atoms with E-state index in [9.17, 15) is 9.59 Å². The molecule has 1 aliphatic heterocycles. The van der Waals surface area contributed by atoms with Gasteiger partial charge in [0.15, 0.2) is 6.04 Å². The molecule has 2 N–H and O–H groups in total. The molecule has 0 aromatic rings. The molecule has 10 heavy (non-hydrogen) atoms. The van der Waals surface area contributed by atoms with E-state index >= 15 is 0 Å². The highest BCUT2D eigenvalue weighted by Crippen LogP contribution is 2.09. The van der Waals surface area contributed by atoms with Gasteiger partial charge in [-0.15, -0.1) is 0 Å². The van der Waals surface area contributed by atoms with Crippen molar-refractivity contribution in [1.82, 2.24) is 5.32 Å². The van der Waals surface area contributed by atoms with Crippen LogP contribution in [0.15, 0.2) is 12.3 Å². The van der Waals surface area contributed by atoms with Gasteiger partial charge in [0.1, 0.15) is 5.76 Å². The Morgan fingerprint density at radius 1 is 1.80 bits per heavy atom. The summed E-state index contributed by atoms with van der Waals surface area (Å²) in [4.78, 5) is 20.5. The topological polar surface area (TPSA) is 75.6 Å². The Labute approximate surface area is 56.3 Å². The maximum Gasteiger partial charge on any atom is 0.413 e. The number of carbonyl (C=O) groups excluding carboxylic acids is 1. The predicted molar refractivity (Wildman–Crippen MR) is 30.2 cm³/mol. The number of nitrogens with one attached hydrogen (secondary N) is 1. The van der Waals surface area contributed by atoms with Crippen molar-refractivity contribution >= 4 is 12.1 Å². The van der Waals surface area contributed by atoms with Crippen molar-refractivity contribution in [2.75, 3.05) is 0 Å². The van der Waals surface area contributed by atoms with Crippen molar-refractivity contribution in [1.29, 1.82) is 0 Å². The zero-order valence-electron chi connectivity index (χ0n) is 4.96. The Kier molecular flexibility index (Phi) is 1.33. The van der Waals surface area contributed by atoms with E-state index in [0.29, 0.717) is 0 Å². The molecule has 1 aliphatic rings. The van der Waals surface area contributed by atoms with Crippen LogP contribution >= 0.6 is 0 Å². The Hall–Kier alpha value is -1.52. The van der Waals surface area contributed by atoms with Crippen LogP contribution in [0.3, 0.4) is 0 Å². The number of carbonyl (C=O) groups is 2. The molecule has 0 bridgehead atoms. The summed E-state index contributed by atoms with van der Waals surface area (Å²) in [7, 11) is 0. The highest BCUT2D eigenvalue weighted by atomic mass is 16.6. The number of carboxylic acid groups (broad SMARTS) is 1. The van der Waals surface area contributed by atoms with Crippen LogP contribution < -0.4 is 5.32 Å². The molecule has 0 aliphatic carbocycles. The van der Waals surface area contributed by atoms with Crippen molar-refractivity contribution in [3.8, 4) is 0 Å². The first kappa shape index (κ1) is 6.60. The second kappa shape index (κ2) is 2.02. The lowest BCUT2D eigenvalue weighted by Gasteiger charge is -1.98. The van der Waals surface area contributed by atoms with Gasteiger partial charge in [0.05, 0.1) is 0 Å². The number of alkyl carbamates (subject to hydrolysis) is 1. The van der Waals surface area contributed by atoms with Gasteiger partial charge in [-0.1, -0.05) is 6.58 Å². The third-order valence-corrected chi connectivity index (χ3v) is 1.05. The van der Waals surface area contributed by atoms with Crippen LogP contribution in [0.2, 0.25) is 0 Å². The van der Waals surface area contributed by atoms with E-state index in [-0.39, 0.29) is 5.76 Å². The van der Waals surface area contributed by atoms with Gasteiger partial charge in [0.2, 0.25) is 0 Å². The van der Waals surface area contributed by atoms with Crippen molar-refractivity contribution < 1.29 is 19.4 Å². The van der Waals surface area contributed by atoms with Gasteiger partial charge in [-0.25, -0.2) is 9.59 Å². The molecule has 5 heteroatoms. The van der Waals surface area contributed by atoms with E-state index < -0.39 is 18.1 Å². The van der Waals surface area contributed by atoms with Crippen LogP contribution in [-0.2, 0) is 9.53 Å². The average molecular weight is 143 g/mol. The van der Waals surface area contributed by atoms with Gasteiger partial charge < -0.3 is 15.2 Å². The molecule has 5 nitrogen and oxygen atoms in total. The summed E-state index contributed by atoms with van der Waals surface area (Å²) < 4.78 is 4.31. The van der Waals surface area contributed by atoms with Gasteiger partial charge in [-0.05, 0) is 0 Å². The van der Waals surface area contributed by atoms with Gasteiger partial charge in [-0.3, -0.25) is 0 Å². The molecule has 0 spiro atoms. The highest BCUT2D eigenvalue weighted by Gasteiger charge is 2.32. The summed E-state index contributed by atoms with van der Waals surface area (Å²) in [6, 6.07) is -1.09. The average Bonchev–Trinajstić information content (AvgIpc) is 2.10. The molecule has 1 amide bonds. The minimum absolute atomic E-state index is 0.0718. The lowest BCUT2D eigenvalue weighted by atomic mass is 10.3. The van der Waals surface area contributed by atoms with Gasteiger partial charge in [0.25, 0.3) is 0 Å². The normalized spacial score (nSPS) is 23.8. The lowest BCUT2D eigenvalue weighted by molar-refractivity contribution is -0.138. The molecular weight excluding hydrogens is 138 g/mol. The molecular formula is C5H5NO4. The number of aliphatic carboxylic acids is 1. The van der Waals surface area contributed by atoms with Crippen LogP contribution in [0, 0.1) is 0 Å². The van der Waals surface area contributed by atoms with E-state index in [2.05, 4.69) is 11.3 Å². The Morgan fingerprint density at radius 2 is 2.40 bits per heavy atom. The van der Waals surface area contributed by atoms with E-state index in [1.165, 1.54) is 0 Å². The summed E-state index contributed by atoms with van der Waals surface area (Å²) in [5, 5.41) is 10.4. The summed E-state index contributed by atoms with van der Waals surface area (Å²) in [5.41, 5.74) is 0. The second-order valence-electron chi connectivity index (χ2n) is 1.77. The fourth-order valence-electron chi connectivity index (χ4n) is 0.605. The fourth-order valence-corrected chi connectivity index (χ4v) is 0.605. The molecule has 0 radical (unpaired) electrons. The molecule has 0 saturated carbocycles. The van der Waals surface area contributed by atoms with Crippen LogP contribution in [0.5, 0.6) is 0 Å². The van der Waals surface area contributed by atoms with E-state index in [1.807, 2.05) is 5.32 Å². The van der Waals surface area contributed by atoms with Crippen LogP contribution in [0.25, 0.3) is 0 Å². The quantitative estimate of drug-likeness (QED) is 0.528. The monoisotopic (exact) mass is 143 g/mol. The Balaban J connectivity index is 2.72. The van der Waals surface area contributed by atoms with Crippen molar-refractivity contribution in [2.24, 2.45) is 0 Å². The minimum atomic E-state index is -1.17. The summed E-state index contributed by atoms with van der Waals surface area (Å²) in [5.74, 6) is -1.24. The molecule has 0 aromatic carbocycles. The zero-order valence-corrected chi connectivity index (χ0v) is 4.96. The summed E-state index contributed by atoms with van der Waals surface area (Å²) >= 11 is 0. The standard InChI is InChI=1S/C5H5NO4/c1-2-3(4(7)8)6-5(9)10-2/h3H,1H2,(H,6,9)(H,7,8)/t3-/m0/s1. The van der Waals surface area contributed by atoms with Crippen LogP contribution in [0.4, 0.5) is 4.79 Å². The number of hydrogen-bond acceptors (Lipinski definition) is 3. The predicted octanol–water partition coefficient (Wildman–Crippen LogP) is -0.307. The molecule has 1 rings (SSSR count). The summed E-state index contributed by atoms with van der Waals surface area (Å²) in [6.07, 6.45) is -0.766. The summed E-state index contributed by atoms with van der Waals surface area (Å²) in [6.45, 7) is 3.22. The SMILES string of the molecule is C=C1OC(=O)N[C@@H]1C(=O)O. The molecule has 1 atom stereocenters. The van der Waals surface area contributed by atoms with Crippen molar-refractivity contribution in [3.05, 3.63) is 12.3 Å². The van der Waals surface area contributed by atoms with E-state index in [1.54, 1.807) is 0 Å². The molecule has 0 unspecified atom stereocenters. The van der Waals surface area contributed by atoms with Gasteiger partial charge in [0, 0.05) is 0 Å². The first-order valence-electron chi connectivity index (χ1n) is 2.51. The highest BCUT2D eigenvalue weighted by molar-refractivity contribution is 5.86. The smallest absolute Gasteiger partial charge is 0.413 e. The minimum Gasteiger partial charge on any atom is -0.479 e. The molecule has 0 aromatic heterocycles. The number of hydrogen-bond donors (Lipinski definition) is 2. The maximum atomic E-state index is 10.3. The number of amides is 1. The fraction of sp³-hybridized carbons (Fsp3) is 0.200. The van der Waals surface area contributed by atoms with E-state index in [0.717, 1.165) is 0 Å².